The summed E-state index contributed by atoms with van der Waals surface area (Å²) in [6.45, 7) is -0.407. The molecule has 0 amide bonds. The molecule has 0 radical (unpaired) electrons. The maximum Gasteiger partial charge on any atom is 0.157 e. The van der Waals surface area contributed by atoms with Gasteiger partial charge in [-0.1, -0.05) is 0 Å². The number of aliphatic hydroxyl groups excluding tert-OH is 4. The first-order valence-electron chi connectivity index (χ1n) is 3.45. The van der Waals surface area contributed by atoms with Gasteiger partial charge in [-0.15, -0.1) is 0 Å². The van der Waals surface area contributed by atoms with Crippen LogP contribution in [0.25, 0.3) is 0 Å². The molecule has 4 atom stereocenters. The lowest BCUT2D eigenvalue weighted by Gasteiger charge is -2.33. The normalized spacial score (nSPS) is 45.8. The van der Waals surface area contributed by atoms with Crippen molar-refractivity contribution in [2.24, 2.45) is 0 Å². The van der Waals surface area contributed by atoms with Crippen molar-refractivity contribution < 1.29 is 25.2 Å². The topological polar surface area (TPSA) is 90.2 Å². The zero-order chi connectivity index (χ0) is 8.43. The van der Waals surface area contributed by atoms with Gasteiger partial charge in [0.2, 0.25) is 0 Å². The molecule has 0 saturated carbocycles. The summed E-state index contributed by atoms with van der Waals surface area (Å²) in [4.78, 5) is 0. The zero-order valence-corrected chi connectivity index (χ0v) is 5.92. The standard InChI is InChI=1S/C6H12O5/c7-2-4-6(10)3(8)1-5(9)11-4/h3-10H,1-2H2/t3-,4+,5-,6+/m1/s1. The van der Waals surface area contributed by atoms with Gasteiger partial charge in [-0.25, -0.2) is 0 Å². The Balaban J connectivity index is 2.51. The minimum absolute atomic E-state index is 0.0162. The number of aliphatic hydroxyl groups is 4. The Hall–Kier alpha value is -0.200. The van der Waals surface area contributed by atoms with Crippen molar-refractivity contribution >= 4 is 0 Å². The van der Waals surface area contributed by atoms with Gasteiger partial charge < -0.3 is 25.2 Å². The van der Waals surface area contributed by atoms with Crippen molar-refractivity contribution in [3.63, 3.8) is 0 Å². The average Bonchev–Trinajstić information content (AvgIpc) is 1.96. The predicted molar refractivity (Wildman–Crippen MR) is 34.6 cm³/mol. The lowest BCUT2D eigenvalue weighted by Crippen LogP contribution is -2.49. The van der Waals surface area contributed by atoms with Crippen LogP contribution >= 0.6 is 0 Å². The van der Waals surface area contributed by atoms with Gasteiger partial charge in [-0.2, -0.15) is 0 Å². The molecule has 0 aromatic rings. The molecule has 4 N–H and O–H groups in total. The highest BCUT2D eigenvalue weighted by atomic mass is 16.6. The third-order valence-corrected chi connectivity index (χ3v) is 1.73. The highest BCUT2D eigenvalue weighted by Gasteiger charge is 2.35. The fourth-order valence-electron chi connectivity index (χ4n) is 1.08. The fraction of sp³-hybridized carbons (Fsp3) is 1.00. The summed E-state index contributed by atoms with van der Waals surface area (Å²) in [6.07, 6.45) is -4.11. The quantitative estimate of drug-likeness (QED) is 0.353. The van der Waals surface area contributed by atoms with Crippen LogP contribution in [0.5, 0.6) is 0 Å². The summed E-state index contributed by atoms with van der Waals surface area (Å²) in [5, 5.41) is 35.6. The Morgan fingerprint density at radius 2 is 1.91 bits per heavy atom. The number of ether oxygens (including phenoxy) is 1. The molecule has 0 spiro atoms. The summed E-state index contributed by atoms with van der Waals surface area (Å²) in [5.74, 6) is 0. The van der Waals surface area contributed by atoms with Gasteiger partial charge in [0.1, 0.15) is 12.2 Å². The molecule has 0 unspecified atom stereocenters. The lowest BCUT2D eigenvalue weighted by molar-refractivity contribution is -0.239. The molecule has 1 rings (SSSR count). The Morgan fingerprint density at radius 1 is 1.27 bits per heavy atom. The van der Waals surface area contributed by atoms with E-state index < -0.39 is 31.2 Å². The summed E-state index contributed by atoms with van der Waals surface area (Å²) < 4.78 is 4.71. The Morgan fingerprint density at radius 3 is 2.45 bits per heavy atom. The molecule has 5 nitrogen and oxygen atoms in total. The van der Waals surface area contributed by atoms with Crippen molar-refractivity contribution in [2.45, 2.75) is 31.0 Å². The van der Waals surface area contributed by atoms with E-state index in [0.29, 0.717) is 0 Å². The molecule has 1 fully saturated rings. The zero-order valence-electron chi connectivity index (χ0n) is 5.92. The molecule has 1 aliphatic rings. The second kappa shape index (κ2) is 3.46. The molecular weight excluding hydrogens is 152 g/mol. The predicted octanol–water partition coefficient (Wildman–Crippen LogP) is -2.19. The fourth-order valence-corrected chi connectivity index (χ4v) is 1.08. The molecule has 0 bridgehead atoms. The van der Waals surface area contributed by atoms with E-state index in [-0.39, 0.29) is 6.42 Å². The summed E-state index contributed by atoms with van der Waals surface area (Å²) in [5.41, 5.74) is 0. The summed E-state index contributed by atoms with van der Waals surface area (Å²) in [7, 11) is 0. The van der Waals surface area contributed by atoms with E-state index in [4.69, 9.17) is 25.2 Å². The first-order chi connectivity index (χ1) is 5.15. The number of hydrogen-bond acceptors (Lipinski definition) is 5. The second-order valence-corrected chi connectivity index (χ2v) is 2.61. The van der Waals surface area contributed by atoms with Crippen LogP contribution in [0.3, 0.4) is 0 Å². The van der Waals surface area contributed by atoms with Gasteiger partial charge in [0.15, 0.2) is 6.29 Å². The van der Waals surface area contributed by atoms with E-state index in [2.05, 4.69) is 0 Å². The van der Waals surface area contributed by atoms with Crippen molar-refractivity contribution in [3.8, 4) is 0 Å². The van der Waals surface area contributed by atoms with Gasteiger partial charge in [0, 0.05) is 6.42 Å². The van der Waals surface area contributed by atoms with Gasteiger partial charge in [0.05, 0.1) is 12.7 Å². The van der Waals surface area contributed by atoms with Crippen LogP contribution in [0.4, 0.5) is 0 Å². The SMILES string of the molecule is OC[C@@H]1O[C@@H](O)C[C@@H](O)[C@@H]1O. The molecule has 11 heavy (non-hydrogen) atoms. The molecule has 0 aromatic carbocycles. The largest absolute Gasteiger partial charge is 0.394 e. The maximum absolute atomic E-state index is 9.11. The van der Waals surface area contributed by atoms with E-state index in [0.717, 1.165) is 0 Å². The molecule has 1 saturated heterocycles. The first kappa shape index (κ1) is 8.89. The van der Waals surface area contributed by atoms with Gasteiger partial charge in [0.25, 0.3) is 0 Å². The van der Waals surface area contributed by atoms with E-state index in [9.17, 15) is 0 Å². The van der Waals surface area contributed by atoms with Crippen LogP contribution in [0.15, 0.2) is 0 Å². The van der Waals surface area contributed by atoms with Crippen LogP contribution in [-0.2, 0) is 4.74 Å². The highest BCUT2D eigenvalue weighted by molar-refractivity contribution is 4.81. The molecule has 5 heteroatoms. The molecule has 0 aliphatic carbocycles. The summed E-state index contributed by atoms with van der Waals surface area (Å²) >= 11 is 0. The van der Waals surface area contributed by atoms with Crippen LogP contribution in [0.2, 0.25) is 0 Å². The average molecular weight is 164 g/mol. The third kappa shape index (κ3) is 1.88. The van der Waals surface area contributed by atoms with Gasteiger partial charge >= 0.3 is 0 Å². The Bertz CT molecular complexity index is 128. The monoisotopic (exact) mass is 164 g/mol. The summed E-state index contributed by atoms with van der Waals surface area (Å²) in [6, 6.07) is 0. The van der Waals surface area contributed by atoms with E-state index >= 15 is 0 Å². The van der Waals surface area contributed by atoms with Gasteiger partial charge in [-0.05, 0) is 0 Å². The van der Waals surface area contributed by atoms with Crippen molar-refractivity contribution in [2.75, 3.05) is 6.61 Å². The Kier molecular flexibility index (Phi) is 2.80. The van der Waals surface area contributed by atoms with Gasteiger partial charge in [-0.3, -0.25) is 0 Å². The van der Waals surface area contributed by atoms with Crippen LogP contribution < -0.4 is 0 Å². The van der Waals surface area contributed by atoms with E-state index in [1.54, 1.807) is 0 Å². The number of rotatable bonds is 1. The lowest BCUT2D eigenvalue weighted by atomic mass is 10.0. The van der Waals surface area contributed by atoms with E-state index in [1.165, 1.54) is 0 Å². The minimum Gasteiger partial charge on any atom is -0.394 e. The van der Waals surface area contributed by atoms with Crippen LogP contribution in [0.1, 0.15) is 6.42 Å². The molecule has 1 heterocycles. The van der Waals surface area contributed by atoms with E-state index in [1.807, 2.05) is 0 Å². The maximum atomic E-state index is 9.11. The molecule has 66 valence electrons. The molecular formula is C6H12O5. The first-order valence-corrected chi connectivity index (χ1v) is 3.45. The second-order valence-electron chi connectivity index (χ2n) is 2.61. The van der Waals surface area contributed by atoms with Crippen molar-refractivity contribution in [3.05, 3.63) is 0 Å². The third-order valence-electron chi connectivity index (χ3n) is 1.73. The molecule has 1 aliphatic heterocycles. The Labute approximate surface area is 63.8 Å². The number of hydrogen-bond donors (Lipinski definition) is 4. The van der Waals surface area contributed by atoms with Crippen molar-refractivity contribution in [1.29, 1.82) is 0 Å². The highest BCUT2D eigenvalue weighted by Crippen LogP contribution is 2.18. The smallest absolute Gasteiger partial charge is 0.157 e. The van der Waals surface area contributed by atoms with Crippen molar-refractivity contribution in [1.82, 2.24) is 0 Å². The van der Waals surface area contributed by atoms with Crippen LogP contribution in [0, 0.1) is 0 Å². The van der Waals surface area contributed by atoms with Crippen LogP contribution in [-0.4, -0.2) is 51.6 Å². The molecule has 0 aromatic heterocycles. The minimum atomic E-state index is -1.11.